The summed E-state index contributed by atoms with van der Waals surface area (Å²) in [4.78, 5) is 35.7. The third-order valence-electron chi connectivity index (χ3n) is 5.78. The average molecular weight is 328 g/mol. The number of urea groups is 1. The van der Waals surface area contributed by atoms with Gasteiger partial charge in [0.2, 0.25) is 0 Å². The summed E-state index contributed by atoms with van der Waals surface area (Å²) in [6, 6.07) is 5.98. The monoisotopic (exact) mass is 328 g/mol. The SMILES string of the molecule is Cc1cccc(N2CCC(N3C(=O)N4CCCC4(C)C3=O)CC2)n1. The van der Waals surface area contributed by atoms with Gasteiger partial charge in [0, 0.05) is 31.4 Å². The van der Waals surface area contributed by atoms with E-state index < -0.39 is 5.54 Å². The number of fused-ring (bicyclic) bond motifs is 1. The van der Waals surface area contributed by atoms with E-state index in [2.05, 4.69) is 9.88 Å². The molecule has 0 bridgehead atoms. The molecule has 128 valence electrons. The van der Waals surface area contributed by atoms with Crippen molar-refractivity contribution < 1.29 is 9.59 Å². The molecule has 0 spiro atoms. The first kappa shape index (κ1) is 15.4. The second-order valence-corrected chi connectivity index (χ2v) is 7.34. The summed E-state index contributed by atoms with van der Waals surface area (Å²) in [6.07, 6.45) is 3.35. The molecule has 3 amide bonds. The highest BCUT2D eigenvalue weighted by Gasteiger charge is 2.58. The van der Waals surface area contributed by atoms with Gasteiger partial charge in [-0.15, -0.1) is 0 Å². The van der Waals surface area contributed by atoms with Crippen molar-refractivity contribution in [3.63, 3.8) is 0 Å². The molecule has 6 nitrogen and oxygen atoms in total. The number of piperidine rings is 1. The summed E-state index contributed by atoms with van der Waals surface area (Å²) < 4.78 is 0. The smallest absolute Gasteiger partial charge is 0.327 e. The average Bonchev–Trinajstić information content (AvgIpc) is 3.05. The molecule has 0 N–H and O–H groups in total. The van der Waals surface area contributed by atoms with Crippen LogP contribution in [-0.2, 0) is 4.79 Å². The molecule has 0 radical (unpaired) electrons. The van der Waals surface area contributed by atoms with Gasteiger partial charge in [0.15, 0.2) is 0 Å². The predicted octanol–water partition coefficient (Wildman–Crippen LogP) is 2.18. The maximum absolute atomic E-state index is 12.9. The second-order valence-electron chi connectivity index (χ2n) is 7.34. The van der Waals surface area contributed by atoms with Crippen molar-refractivity contribution >= 4 is 17.8 Å². The lowest BCUT2D eigenvalue weighted by Gasteiger charge is -2.36. The number of aromatic nitrogens is 1. The summed E-state index contributed by atoms with van der Waals surface area (Å²) in [5, 5.41) is 0. The van der Waals surface area contributed by atoms with Crippen LogP contribution in [0.1, 0.15) is 38.3 Å². The summed E-state index contributed by atoms with van der Waals surface area (Å²) in [7, 11) is 0. The van der Waals surface area contributed by atoms with Crippen LogP contribution in [0, 0.1) is 6.92 Å². The third-order valence-corrected chi connectivity index (χ3v) is 5.78. The zero-order chi connectivity index (χ0) is 16.9. The van der Waals surface area contributed by atoms with Crippen LogP contribution < -0.4 is 4.90 Å². The van der Waals surface area contributed by atoms with Crippen LogP contribution in [0.5, 0.6) is 0 Å². The Morgan fingerprint density at radius 2 is 1.92 bits per heavy atom. The molecule has 3 saturated heterocycles. The van der Waals surface area contributed by atoms with Crippen molar-refractivity contribution in [2.75, 3.05) is 24.5 Å². The molecule has 6 heteroatoms. The van der Waals surface area contributed by atoms with Gasteiger partial charge in [0.05, 0.1) is 0 Å². The molecule has 3 aliphatic heterocycles. The molecular formula is C18H24N4O2. The van der Waals surface area contributed by atoms with E-state index in [1.54, 1.807) is 9.80 Å². The van der Waals surface area contributed by atoms with E-state index in [1.165, 1.54) is 0 Å². The minimum absolute atomic E-state index is 0.0112. The van der Waals surface area contributed by atoms with E-state index in [0.29, 0.717) is 6.54 Å². The van der Waals surface area contributed by atoms with E-state index in [1.807, 2.05) is 32.0 Å². The summed E-state index contributed by atoms with van der Waals surface area (Å²) in [5.74, 6) is 0.997. The first-order chi connectivity index (χ1) is 11.5. The van der Waals surface area contributed by atoms with Crippen LogP contribution in [-0.4, -0.2) is 57.9 Å². The minimum atomic E-state index is -0.591. The van der Waals surface area contributed by atoms with Crippen molar-refractivity contribution in [1.29, 1.82) is 0 Å². The number of hydrogen-bond acceptors (Lipinski definition) is 4. The molecule has 1 aromatic rings. The van der Waals surface area contributed by atoms with Gasteiger partial charge in [-0.2, -0.15) is 0 Å². The highest BCUT2D eigenvalue weighted by Crippen LogP contribution is 2.39. The van der Waals surface area contributed by atoms with Gasteiger partial charge >= 0.3 is 6.03 Å². The largest absolute Gasteiger partial charge is 0.356 e. The molecule has 0 saturated carbocycles. The van der Waals surface area contributed by atoms with Crippen molar-refractivity contribution in [3.05, 3.63) is 23.9 Å². The highest BCUT2D eigenvalue weighted by atomic mass is 16.2. The lowest BCUT2D eigenvalue weighted by molar-refractivity contribution is -0.133. The topological polar surface area (TPSA) is 56.8 Å². The van der Waals surface area contributed by atoms with Crippen LogP contribution in [0.3, 0.4) is 0 Å². The molecule has 0 aromatic carbocycles. The molecular weight excluding hydrogens is 304 g/mol. The zero-order valence-corrected chi connectivity index (χ0v) is 14.4. The number of anilines is 1. The number of nitrogens with zero attached hydrogens (tertiary/aromatic N) is 4. The molecule has 1 atom stereocenters. The molecule has 4 rings (SSSR count). The van der Waals surface area contributed by atoms with Gasteiger partial charge in [-0.3, -0.25) is 9.69 Å². The molecule has 4 heterocycles. The van der Waals surface area contributed by atoms with Gasteiger partial charge in [0.1, 0.15) is 11.4 Å². The van der Waals surface area contributed by atoms with Gasteiger partial charge in [0.25, 0.3) is 5.91 Å². The fourth-order valence-corrected chi connectivity index (χ4v) is 4.35. The molecule has 0 aliphatic carbocycles. The normalized spacial score (nSPS) is 28.0. The maximum atomic E-state index is 12.9. The van der Waals surface area contributed by atoms with Crippen LogP contribution in [0.25, 0.3) is 0 Å². The molecule has 3 aliphatic rings. The van der Waals surface area contributed by atoms with Crippen LogP contribution in [0.15, 0.2) is 18.2 Å². The second kappa shape index (κ2) is 5.46. The summed E-state index contributed by atoms with van der Waals surface area (Å²) in [6.45, 7) is 6.28. The molecule has 1 aromatic heterocycles. The fourth-order valence-electron chi connectivity index (χ4n) is 4.35. The number of hydrogen-bond donors (Lipinski definition) is 0. The third kappa shape index (κ3) is 2.19. The van der Waals surface area contributed by atoms with Crippen molar-refractivity contribution in [2.45, 2.75) is 51.1 Å². The molecule has 1 unspecified atom stereocenters. The number of pyridine rings is 1. The summed E-state index contributed by atoms with van der Waals surface area (Å²) >= 11 is 0. The van der Waals surface area contributed by atoms with E-state index in [4.69, 9.17) is 0 Å². The van der Waals surface area contributed by atoms with E-state index in [-0.39, 0.29) is 18.0 Å². The van der Waals surface area contributed by atoms with Crippen molar-refractivity contribution in [1.82, 2.24) is 14.8 Å². The quantitative estimate of drug-likeness (QED) is 0.781. The first-order valence-corrected chi connectivity index (χ1v) is 8.84. The van der Waals surface area contributed by atoms with Crippen LogP contribution in [0.4, 0.5) is 10.6 Å². The number of aryl methyl sites for hydroxylation is 1. The molecule has 3 fully saturated rings. The zero-order valence-electron chi connectivity index (χ0n) is 14.4. The van der Waals surface area contributed by atoms with E-state index in [0.717, 1.165) is 50.3 Å². The van der Waals surface area contributed by atoms with Crippen LogP contribution in [0.2, 0.25) is 0 Å². The Balaban J connectivity index is 1.47. The standard InChI is InChI=1S/C18H24N4O2/c1-13-5-3-6-15(19-13)20-11-7-14(8-12-20)22-16(23)18(2)9-4-10-21(18)17(22)24/h3,5-6,14H,4,7-12H2,1-2H3. The van der Waals surface area contributed by atoms with Crippen LogP contribution >= 0.6 is 0 Å². The van der Waals surface area contributed by atoms with Gasteiger partial charge < -0.3 is 9.80 Å². The Morgan fingerprint density at radius 1 is 1.17 bits per heavy atom. The lowest BCUT2D eigenvalue weighted by atomic mass is 9.97. The number of imide groups is 1. The van der Waals surface area contributed by atoms with E-state index >= 15 is 0 Å². The van der Waals surface area contributed by atoms with E-state index in [9.17, 15) is 9.59 Å². The molecule has 24 heavy (non-hydrogen) atoms. The Kier molecular flexibility index (Phi) is 3.51. The number of amides is 3. The highest BCUT2D eigenvalue weighted by molar-refractivity contribution is 6.07. The lowest BCUT2D eigenvalue weighted by Crippen LogP contribution is -2.49. The van der Waals surface area contributed by atoms with Crippen molar-refractivity contribution in [2.24, 2.45) is 0 Å². The number of carbonyl (C=O) groups excluding carboxylic acids is 2. The Morgan fingerprint density at radius 3 is 2.58 bits per heavy atom. The number of rotatable bonds is 2. The maximum Gasteiger partial charge on any atom is 0.327 e. The van der Waals surface area contributed by atoms with Gasteiger partial charge in [-0.05, 0) is 51.7 Å². The van der Waals surface area contributed by atoms with Gasteiger partial charge in [-0.1, -0.05) is 6.07 Å². The number of carbonyl (C=O) groups is 2. The minimum Gasteiger partial charge on any atom is -0.356 e. The first-order valence-electron chi connectivity index (χ1n) is 8.84. The Bertz CT molecular complexity index is 683. The predicted molar refractivity (Wildman–Crippen MR) is 90.8 cm³/mol. The summed E-state index contributed by atoms with van der Waals surface area (Å²) in [5.41, 5.74) is 0.417. The van der Waals surface area contributed by atoms with Gasteiger partial charge in [-0.25, -0.2) is 9.78 Å². The van der Waals surface area contributed by atoms with Crippen molar-refractivity contribution in [3.8, 4) is 0 Å². The fraction of sp³-hybridized carbons (Fsp3) is 0.611. The Labute approximate surface area is 142 Å². The Hall–Kier alpha value is -2.11.